The maximum Gasteiger partial charge on any atom is 0.218 e. The molecule has 25 heavy (non-hydrogen) atoms. The van der Waals surface area contributed by atoms with Crippen molar-refractivity contribution >= 4 is 5.91 Å². The van der Waals surface area contributed by atoms with Crippen LogP contribution in [0.5, 0.6) is 0 Å². The summed E-state index contributed by atoms with van der Waals surface area (Å²) in [6, 6.07) is 0. The lowest BCUT2D eigenvalue weighted by Crippen LogP contribution is -2.37. The lowest BCUT2D eigenvalue weighted by molar-refractivity contribution is -0.118. The maximum atomic E-state index is 11.0. The van der Waals surface area contributed by atoms with Crippen molar-refractivity contribution in [3.63, 3.8) is 0 Å². The standard InChI is InChI=1S/C17H30N6O2/c1-21-16(12-23-8-4-14(24)5-9-23)19-20-17(21)13-3-2-7-22(11-13)10-6-15(18)25/h13-14,24H,2-12H2,1H3,(H2,18,25)/t13-/m0/s1. The monoisotopic (exact) mass is 350 g/mol. The van der Waals surface area contributed by atoms with Crippen LogP contribution in [0.2, 0.25) is 0 Å². The molecule has 3 N–H and O–H groups in total. The van der Waals surface area contributed by atoms with Gasteiger partial charge in [0.15, 0.2) is 0 Å². The fourth-order valence-electron chi connectivity index (χ4n) is 3.88. The predicted molar refractivity (Wildman–Crippen MR) is 93.7 cm³/mol. The number of likely N-dealkylation sites (tertiary alicyclic amines) is 2. The van der Waals surface area contributed by atoms with Gasteiger partial charge in [-0.15, -0.1) is 10.2 Å². The van der Waals surface area contributed by atoms with Crippen LogP contribution in [0.25, 0.3) is 0 Å². The normalized spacial score (nSPS) is 23.8. The van der Waals surface area contributed by atoms with E-state index in [4.69, 9.17) is 5.73 Å². The van der Waals surface area contributed by atoms with Crippen LogP contribution in [0.1, 0.15) is 49.7 Å². The first-order valence-electron chi connectivity index (χ1n) is 9.32. The second-order valence-electron chi connectivity index (χ2n) is 7.40. The third-order valence-electron chi connectivity index (χ3n) is 5.47. The van der Waals surface area contributed by atoms with Crippen LogP contribution >= 0.6 is 0 Å². The van der Waals surface area contributed by atoms with Crippen molar-refractivity contribution < 1.29 is 9.90 Å². The molecular weight excluding hydrogens is 320 g/mol. The van der Waals surface area contributed by atoms with Crippen LogP contribution in [0.3, 0.4) is 0 Å². The van der Waals surface area contributed by atoms with Crippen LogP contribution < -0.4 is 5.73 Å². The Balaban J connectivity index is 1.59. The van der Waals surface area contributed by atoms with Gasteiger partial charge in [-0.2, -0.15) is 0 Å². The minimum absolute atomic E-state index is 0.153. The number of primary amides is 1. The van der Waals surface area contributed by atoms with E-state index in [0.717, 1.165) is 76.6 Å². The number of aliphatic hydroxyl groups excluding tert-OH is 1. The van der Waals surface area contributed by atoms with Gasteiger partial charge in [-0.05, 0) is 32.2 Å². The molecule has 1 aromatic heterocycles. The number of hydrogen-bond donors (Lipinski definition) is 2. The van der Waals surface area contributed by atoms with E-state index in [9.17, 15) is 9.90 Å². The first kappa shape index (κ1) is 18.3. The highest BCUT2D eigenvalue weighted by atomic mass is 16.3. The first-order chi connectivity index (χ1) is 12.0. The molecule has 0 aliphatic carbocycles. The van der Waals surface area contributed by atoms with Crippen molar-refractivity contribution in [3.8, 4) is 0 Å². The van der Waals surface area contributed by atoms with Crippen molar-refractivity contribution in [1.29, 1.82) is 0 Å². The van der Waals surface area contributed by atoms with Crippen LogP contribution in [-0.4, -0.2) is 74.4 Å². The summed E-state index contributed by atoms with van der Waals surface area (Å²) < 4.78 is 2.13. The molecule has 1 aromatic rings. The number of hydrogen-bond acceptors (Lipinski definition) is 6. The highest BCUT2D eigenvalue weighted by molar-refractivity contribution is 5.73. The van der Waals surface area contributed by atoms with Gasteiger partial charge in [0.1, 0.15) is 11.6 Å². The van der Waals surface area contributed by atoms with Gasteiger partial charge in [0.05, 0.1) is 12.6 Å². The van der Waals surface area contributed by atoms with E-state index < -0.39 is 0 Å². The third-order valence-corrected chi connectivity index (χ3v) is 5.47. The fourth-order valence-corrected chi connectivity index (χ4v) is 3.88. The number of carbonyl (C=O) groups is 1. The van der Waals surface area contributed by atoms with Crippen LogP contribution in [0.4, 0.5) is 0 Å². The summed E-state index contributed by atoms with van der Waals surface area (Å²) in [5, 5.41) is 18.5. The van der Waals surface area contributed by atoms with E-state index in [2.05, 4.69) is 24.6 Å². The van der Waals surface area contributed by atoms with Crippen LogP contribution in [0.15, 0.2) is 0 Å². The number of aromatic nitrogens is 3. The van der Waals surface area contributed by atoms with Gasteiger partial charge in [-0.25, -0.2) is 0 Å². The summed E-state index contributed by atoms with van der Waals surface area (Å²) in [4.78, 5) is 15.6. The summed E-state index contributed by atoms with van der Waals surface area (Å²) in [6.45, 7) is 5.27. The van der Waals surface area contributed by atoms with E-state index in [-0.39, 0.29) is 12.0 Å². The number of nitrogens with zero attached hydrogens (tertiary/aromatic N) is 5. The number of amides is 1. The van der Waals surface area contributed by atoms with E-state index in [1.807, 2.05) is 7.05 Å². The largest absolute Gasteiger partial charge is 0.393 e. The summed E-state index contributed by atoms with van der Waals surface area (Å²) in [7, 11) is 2.05. The second kappa shape index (κ2) is 8.25. The van der Waals surface area contributed by atoms with Gasteiger partial charge in [-0.1, -0.05) is 0 Å². The van der Waals surface area contributed by atoms with Crippen molar-refractivity contribution in [1.82, 2.24) is 24.6 Å². The van der Waals surface area contributed by atoms with E-state index in [0.29, 0.717) is 12.3 Å². The maximum absolute atomic E-state index is 11.0. The first-order valence-corrected chi connectivity index (χ1v) is 9.32. The number of aliphatic hydroxyl groups is 1. The Kier molecular flexibility index (Phi) is 6.03. The van der Waals surface area contributed by atoms with Gasteiger partial charge in [-0.3, -0.25) is 9.69 Å². The minimum Gasteiger partial charge on any atom is -0.393 e. The highest BCUT2D eigenvalue weighted by Gasteiger charge is 2.27. The van der Waals surface area contributed by atoms with Crippen LogP contribution in [0, 0.1) is 0 Å². The Morgan fingerprint density at radius 3 is 2.68 bits per heavy atom. The van der Waals surface area contributed by atoms with Gasteiger partial charge in [0.2, 0.25) is 5.91 Å². The van der Waals surface area contributed by atoms with E-state index in [1.54, 1.807) is 0 Å². The quantitative estimate of drug-likeness (QED) is 0.739. The number of rotatable bonds is 6. The molecule has 0 bridgehead atoms. The zero-order valence-electron chi connectivity index (χ0n) is 15.1. The van der Waals surface area contributed by atoms with Crippen LogP contribution in [-0.2, 0) is 18.4 Å². The minimum atomic E-state index is -0.241. The molecule has 0 unspecified atom stereocenters. The molecule has 140 valence electrons. The Morgan fingerprint density at radius 1 is 1.20 bits per heavy atom. The average Bonchev–Trinajstić information content (AvgIpc) is 2.96. The Labute approximate surface area is 149 Å². The molecule has 1 amide bonds. The lowest BCUT2D eigenvalue weighted by Gasteiger charge is -2.32. The fraction of sp³-hybridized carbons (Fsp3) is 0.824. The molecule has 0 spiro atoms. The molecule has 0 saturated carbocycles. The lowest BCUT2D eigenvalue weighted by atomic mass is 9.97. The molecule has 8 heteroatoms. The Hall–Kier alpha value is -1.51. The molecule has 1 atom stereocenters. The molecule has 2 fully saturated rings. The second-order valence-corrected chi connectivity index (χ2v) is 7.40. The predicted octanol–water partition coefficient (Wildman–Crippen LogP) is -0.173. The number of piperidine rings is 2. The highest BCUT2D eigenvalue weighted by Crippen LogP contribution is 2.26. The van der Waals surface area contributed by atoms with Gasteiger partial charge in [0.25, 0.3) is 0 Å². The summed E-state index contributed by atoms with van der Waals surface area (Å²) in [5.74, 6) is 2.14. The molecule has 0 radical (unpaired) electrons. The molecule has 2 aliphatic heterocycles. The summed E-state index contributed by atoms with van der Waals surface area (Å²) >= 11 is 0. The zero-order valence-corrected chi connectivity index (χ0v) is 15.1. The smallest absolute Gasteiger partial charge is 0.218 e. The third kappa shape index (κ3) is 4.77. The summed E-state index contributed by atoms with van der Waals surface area (Å²) in [5.41, 5.74) is 5.27. The van der Waals surface area contributed by atoms with E-state index in [1.165, 1.54) is 0 Å². The molecule has 8 nitrogen and oxygen atoms in total. The topological polar surface area (TPSA) is 101 Å². The van der Waals surface area contributed by atoms with Crippen molar-refractivity contribution in [2.45, 2.75) is 50.7 Å². The summed E-state index contributed by atoms with van der Waals surface area (Å²) in [6.07, 6.45) is 4.15. The molecule has 3 rings (SSSR count). The Bertz CT molecular complexity index is 582. The van der Waals surface area contributed by atoms with Crippen molar-refractivity contribution in [2.24, 2.45) is 12.8 Å². The molecule has 2 saturated heterocycles. The van der Waals surface area contributed by atoms with Gasteiger partial charge >= 0.3 is 0 Å². The zero-order chi connectivity index (χ0) is 17.8. The molecule has 2 aliphatic rings. The van der Waals surface area contributed by atoms with Gasteiger partial charge in [0, 0.05) is 45.6 Å². The Morgan fingerprint density at radius 2 is 1.96 bits per heavy atom. The number of carbonyl (C=O) groups excluding carboxylic acids is 1. The molecule has 3 heterocycles. The number of nitrogens with two attached hydrogens (primary N) is 1. The average molecular weight is 350 g/mol. The van der Waals surface area contributed by atoms with Crippen molar-refractivity contribution in [3.05, 3.63) is 11.6 Å². The van der Waals surface area contributed by atoms with Gasteiger partial charge < -0.3 is 20.3 Å². The molecular formula is C17H30N6O2. The van der Waals surface area contributed by atoms with E-state index >= 15 is 0 Å². The van der Waals surface area contributed by atoms with Crippen molar-refractivity contribution in [2.75, 3.05) is 32.7 Å². The SMILES string of the molecule is Cn1c(CN2CCC(O)CC2)nnc1[C@H]1CCCN(CCC(N)=O)C1. The molecule has 0 aromatic carbocycles.